The van der Waals surface area contributed by atoms with Crippen molar-refractivity contribution in [3.63, 3.8) is 0 Å². The Morgan fingerprint density at radius 3 is 2.44 bits per heavy atom. The predicted molar refractivity (Wildman–Crippen MR) is 127 cm³/mol. The van der Waals surface area contributed by atoms with E-state index >= 15 is 0 Å². The lowest BCUT2D eigenvalue weighted by Crippen LogP contribution is -2.22. The van der Waals surface area contributed by atoms with E-state index in [1.54, 1.807) is 0 Å². The second-order valence-corrected chi connectivity index (χ2v) is 8.60. The largest absolute Gasteiger partial charge is 0.486 e. The smallest absolute Gasteiger partial charge is 0.237 e. The summed E-state index contributed by atoms with van der Waals surface area (Å²) in [7, 11) is 0. The molecule has 1 atom stereocenters. The number of thioether (sulfide) groups is 1. The predicted octanol–water partition coefficient (Wildman–Crippen LogP) is 5.27. The zero-order valence-electron chi connectivity index (χ0n) is 17.9. The summed E-state index contributed by atoms with van der Waals surface area (Å²) in [6.45, 7) is 4.14. The normalized spacial score (nSPS) is 11.7. The number of amides is 1. The van der Waals surface area contributed by atoms with Crippen molar-refractivity contribution in [3.05, 3.63) is 96.3 Å². The molecule has 1 heterocycles. The topological polar surface area (TPSA) is 69.0 Å². The maximum atomic E-state index is 12.7. The van der Waals surface area contributed by atoms with Crippen LogP contribution in [0, 0.1) is 6.92 Å². The molecule has 0 aliphatic carbocycles. The summed E-state index contributed by atoms with van der Waals surface area (Å²) in [5.74, 6) is 1.34. The molecule has 32 heavy (non-hydrogen) atoms. The molecule has 0 bridgehead atoms. The maximum Gasteiger partial charge on any atom is 0.237 e. The van der Waals surface area contributed by atoms with Gasteiger partial charge in [-0.1, -0.05) is 60.3 Å². The molecule has 0 fully saturated rings. The van der Waals surface area contributed by atoms with E-state index in [1.807, 2.05) is 103 Å². The molecule has 3 aromatic carbocycles. The van der Waals surface area contributed by atoms with Crippen molar-refractivity contribution < 1.29 is 9.53 Å². The average molecular weight is 445 g/mol. The highest BCUT2D eigenvalue weighted by molar-refractivity contribution is 8.00. The minimum Gasteiger partial charge on any atom is -0.486 e. The lowest BCUT2D eigenvalue weighted by molar-refractivity contribution is -0.115. The summed E-state index contributed by atoms with van der Waals surface area (Å²) in [5.41, 5.74) is 2.81. The summed E-state index contributed by atoms with van der Waals surface area (Å²) in [6.07, 6.45) is 0. The van der Waals surface area contributed by atoms with Crippen LogP contribution in [0.4, 0.5) is 5.69 Å². The molecule has 4 aromatic rings. The van der Waals surface area contributed by atoms with Crippen molar-refractivity contribution in [1.29, 1.82) is 0 Å². The third-order valence-electron chi connectivity index (χ3n) is 4.76. The van der Waals surface area contributed by atoms with Gasteiger partial charge in [0, 0.05) is 11.4 Å². The van der Waals surface area contributed by atoms with Gasteiger partial charge < -0.3 is 10.1 Å². The van der Waals surface area contributed by atoms with Gasteiger partial charge in [0.2, 0.25) is 5.91 Å². The van der Waals surface area contributed by atoms with E-state index in [4.69, 9.17) is 4.74 Å². The van der Waals surface area contributed by atoms with Crippen LogP contribution in [0.2, 0.25) is 0 Å². The van der Waals surface area contributed by atoms with Gasteiger partial charge in [0.25, 0.3) is 0 Å². The Morgan fingerprint density at radius 2 is 1.72 bits per heavy atom. The second-order valence-electron chi connectivity index (χ2n) is 7.29. The van der Waals surface area contributed by atoms with Gasteiger partial charge in [-0.15, -0.1) is 10.2 Å². The van der Waals surface area contributed by atoms with Gasteiger partial charge in [0.05, 0.1) is 5.25 Å². The fourth-order valence-electron chi connectivity index (χ4n) is 3.14. The molecule has 4 rings (SSSR count). The first-order valence-corrected chi connectivity index (χ1v) is 11.2. The highest BCUT2D eigenvalue weighted by atomic mass is 32.2. The highest BCUT2D eigenvalue weighted by Gasteiger charge is 2.21. The van der Waals surface area contributed by atoms with Crippen LogP contribution < -0.4 is 10.1 Å². The Balaban J connectivity index is 1.54. The molecule has 1 aromatic heterocycles. The molecule has 0 saturated carbocycles. The second kappa shape index (κ2) is 10.2. The van der Waals surface area contributed by atoms with Crippen LogP contribution in [0.25, 0.3) is 5.69 Å². The van der Waals surface area contributed by atoms with Gasteiger partial charge in [-0.05, 0) is 55.8 Å². The molecule has 1 amide bonds. The standard InChI is InChI=1S/C25H24N4O2S/c1-18-10-9-15-22(16-18)31-17-23-27-28-25(29(23)21-13-7-4-8-14-21)32-19(2)24(30)26-20-11-5-3-6-12-20/h3-16,19H,17H2,1-2H3,(H,26,30)/t19-/m0/s1. The van der Waals surface area contributed by atoms with E-state index in [2.05, 4.69) is 15.5 Å². The highest BCUT2D eigenvalue weighted by Crippen LogP contribution is 2.27. The Hall–Kier alpha value is -3.58. The number of para-hydroxylation sites is 2. The summed E-state index contributed by atoms with van der Waals surface area (Å²) in [4.78, 5) is 12.7. The summed E-state index contributed by atoms with van der Waals surface area (Å²) in [6, 6.07) is 27.1. The van der Waals surface area contributed by atoms with Crippen molar-refractivity contribution in [2.45, 2.75) is 30.9 Å². The zero-order chi connectivity index (χ0) is 22.3. The zero-order valence-corrected chi connectivity index (χ0v) is 18.8. The van der Waals surface area contributed by atoms with E-state index in [-0.39, 0.29) is 17.8 Å². The number of anilines is 1. The number of rotatable bonds is 8. The molecule has 0 aliphatic rings. The fourth-order valence-corrected chi connectivity index (χ4v) is 4.02. The number of aromatic nitrogens is 3. The van der Waals surface area contributed by atoms with Gasteiger partial charge in [0.1, 0.15) is 12.4 Å². The number of ether oxygens (including phenoxy) is 1. The summed E-state index contributed by atoms with van der Waals surface area (Å²) < 4.78 is 7.91. The van der Waals surface area contributed by atoms with Gasteiger partial charge >= 0.3 is 0 Å². The number of aryl methyl sites for hydroxylation is 1. The maximum absolute atomic E-state index is 12.7. The number of nitrogens with zero attached hydrogens (tertiary/aromatic N) is 3. The first-order valence-electron chi connectivity index (χ1n) is 10.3. The van der Waals surface area contributed by atoms with Crippen molar-refractivity contribution in [1.82, 2.24) is 14.8 Å². The number of nitrogens with one attached hydrogen (secondary N) is 1. The molecule has 0 aliphatic heterocycles. The van der Waals surface area contributed by atoms with E-state index in [9.17, 15) is 4.79 Å². The van der Waals surface area contributed by atoms with Gasteiger partial charge in [-0.3, -0.25) is 9.36 Å². The molecule has 7 heteroatoms. The third kappa shape index (κ3) is 5.36. The van der Waals surface area contributed by atoms with Crippen LogP contribution in [-0.2, 0) is 11.4 Å². The van der Waals surface area contributed by atoms with Crippen LogP contribution in [0.15, 0.2) is 90.1 Å². The quantitative estimate of drug-likeness (QED) is 0.375. The Kier molecular flexibility index (Phi) is 6.87. The molecule has 0 saturated heterocycles. The third-order valence-corrected chi connectivity index (χ3v) is 5.81. The molecule has 0 radical (unpaired) electrons. The van der Waals surface area contributed by atoms with Crippen LogP contribution in [0.5, 0.6) is 5.75 Å². The lowest BCUT2D eigenvalue weighted by Gasteiger charge is -2.14. The monoisotopic (exact) mass is 444 g/mol. The first kappa shape index (κ1) is 21.6. The molecule has 0 spiro atoms. The van der Waals surface area contributed by atoms with E-state index < -0.39 is 0 Å². The molecular weight excluding hydrogens is 420 g/mol. The number of benzene rings is 3. The minimum atomic E-state index is -0.368. The lowest BCUT2D eigenvalue weighted by atomic mass is 10.2. The minimum absolute atomic E-state index is 0.0960. The number of hydrogen-bond donors (Lipinski definition) is 1. The van der Waals surface area contributed by atoms with E-state index in [0.29, 0.717) is 11.0 Å². The van der Waals surface area contributed by atoms with Gasteiger partial charge in [-0.2, -0.15) is 0 Å². The Morgan fingerprint density at radius 1 is 1.00 bits per heavy atom. The van der Waals surface area contributed by atoms with Crippen LogP contribution in [-0.4, -0.2) is 25.9 Å². The van der Waals surface area contributed by atoms with Crippen LogP contribution in [0.1, 0.15) is 18.3 Å². The van der Waals surface area contributed by atoms with Gasteiger partial charge in [0.15, 0.2) is 11.0 Å². The first-order chi connectivity index (χ1) is 15.6. The Labute approximate surface area is 191 Å². The van der Waals surface area contributed by atoms with Crippen molar-refractivity contribution in [2.24, 2.45) is 0 Å². The summed E-state index contributed by atoms with van der Waals surface area (Å²) >= 11 is 1.36. The van der Waals surface area contributed by atoms with E-state index in [0.717, 1.165) is 22.7 Å². The summed E-state index contributed by atoms with van der Waals surface area (Å²) in [5, 5.41) is 11.9. The SMILES string of the molecule is Cc1cccc(OCc2nnc(S[C@@H](C)C(=O)Nc3ccccc3)n2-c2ccccc2)c1. The van der Waals surface area contributed by atoms with Crippen LogP contribution in [0.3, 0.4) is 0 Å². The van der Waals surface area contributed by atoms with Crippen molar-refractivity contribution in [3.8, 4) is 11.4 Å². The fraction of sp³-hybridized carbons (Fsp3) is 0.160. The van der Waals surface area contributed by atoms with Gasteiger partial charge in [-0.25, -0.2) is 0 Å². The molecule has 162 valence electrons. The van der Waals surface area contributed by atoms with Crippen LogP contribution >= 0.6 is 11.8 Å². The average Bonchev–Trinajstić information content (AvgIpc) is 3.21. The van der Waals surface area contributed by atoms with Crippen molar-refractivity contribution in [2.75, 3.05) is 5.32 Å². The molecular formula is C25H24N4O2S. The Bertz CT molecular complexity index is 1180. The molecule has 0 unspecified atom stereocenters. The molecule has 6 nitrogen and oxygen atoms in total. The number of hydrogen-bond acceptors (Lipinski definition) is 5. The number of carbonyl (C=O) groups is 1. The molecule has 1 N–H and O–H groups in total. The number of carbonyl (C=O) groups excluding carboxylic acids is 1. The van der Waals surface area contributed by atoms with Crippen molar-refractivity contribution >= 4 is 23.4 Å². The van der Waals surface area contributed by atoms with E-state index in [1.165, 1.54) is 11.8 Å².